The summed E-state index contributed by atoms with van der Waals surface area (Å²) in [4.78, 5) is 0. The summed E-state index contributed by atoms with van der Waals surface area (Å²) < 4.78 is 68.2. The molecule has 8 heteroatoms. The zero-order valence-electron chi connectivity index (χ0n) is 10.6. The minimum Gasteiger partial charge on any atom is -0.490 e. The zero-order chi connectivity index (χ0) is 15.0. The quantitative estimate of drug-likeness (QED) is 0.636. The Kier molecular flexibility index (Phi) is 3.86. The summed E-state index contributed by atoms with van der Waals surface area (Å²) in [6, 6.07) is 3.89. The van der Waals surface area contributed by atoms with Gasteiger partial charge in [0, 0.05) is 6.07 Å². The van der Waals surface area contributed by atoms with Gasteiger partial charge in [-0.3, -0.25) is 0 Å². The molecule has 1 aromatic rings. The van der Waals surface area contributed by atoms with Crippen molar-refractivity contribution in [2.45, 2.75) is 37.8 Å². The van der Waals surface area contributed by atoms with Crippen molar-refractivity contribution in [3.05, 3.63) is 23.8 Å². The van der Waals surface area contributed by atoms with Gasteiger partial charge in [0.1, 0.15) is 11.5 Å². The number of rotatable bonds is 3. The van der Waals surface area contributed by atoms with Crippen LogP contribution in [0.1, 0.15) is 25.3 Å². The third kappa shape index (κ3) is 3.00. The predicted octanol–water partition coefficient (Wildman–Crippen LogP) is 3.02. The number of benzene rings is 1. The van der Waals surface area contributed by atoms with Crippen LogP contribution in [0.4, 0.5) is 13.2 Å². The van der Waals surface area contributed by atoms with Crippen LogP contribution in [-0.4, -0.2) is 20.0 Å². The number of hydrogen-bond donors (Lipinski definition) is 0. The summed E-state index contributed by atoms with van der Waals surface area (Å²) in [5.41, 5.74) is -4.62. The van der Waals surface area contributed by atoms with Gasteiger partial charge >= 0.3 is 15.6 Å². The van der Waals surface area contributed by atoms with Crippen LogP contribution in [-0.2, 0) is 16.5 Å². The molecule has 20 heavy (non-hydrogen) atoms. The fourth-order valence-corrected chi connectivity index (χ4v) is 2.37. The summed E-state index contributed by atoms with van der Waals surface area (Å²) >= 11 is 0. The molecule has 1 aromatic carbocycles. The van der Waals surface area contributed by atoms with E-state index in [1.165, 1.54) is 18.2 Å². The Morgan fingerprint density at radius 2 is 2.10 bits per heavy atom. The van der Waals surface area contributed by atoms with E-state index in [0.29, 0.717) is 5.75 Å². The van der Waals surface area contributed by atoms with Crippen molar-refractivity contribution in [2.75, 3.05) is 0 Å². The Hall–Kier alpha value is -1.44. The Morgan fingerprint density at radius 1 is 1.40 bits per heavy atom. The number of aryl methyl sites for hydroxylation is 1. The minimum atomic E-state index is -5.65. The summed E-state index contributed by atoms with van der Waals surface area (Å²) in [5.74, 6) is -0.0317. The van der Waals surface area contributed by atoms with Gasteiger partial charge in [-0.05, 0) is 30.9 Å². The van der Waals surface area contributed by atoms with Crippen LogP contribution in [0.25, 0.3) is 0 Å². The van der Waals surface area contributed by atoms with Crippen LogP contribution in [0.5, 0.6) is 11.5 Å². The highest BCUT2D eigenvalue weighted by Crippen LogP contribution is 2.34. The third-order valence-electron chi connectivity index (χ3n) is 3.01. The Bertz CT molecular complexity index is 595. The molecule has 0 saturated heterocycles. The van der Waals surface area contributed by atoms with E-state index in [0.717, 1.165) is 24.8 Å². The van der Waals surface area contributed by atoms with E-state index in [2.05, 4.69) is 4.18 Å². The lowest BCUT2D eigenvalue weighted by molar-refractivity contribution is -0.0500. The van der Waals surface area contributed by atoms with Crippen molar-refractivity contribution in [2.24, 2.45) is 0 Å². The van der Waals surface area contributed by atoms with Gasteiger partial charge in [0.25, 0.3) is 0 Å². The van der Waals surface area contributed by atoms with Gasteiger partial charge in [-0.2, -0.15) is 21.6 Å². The maximum absolute atomic E-state index is 12.2. The Labute approximate surface area is 114 Å². The molecule has 112 valence electrons. The smallest absolute Gasteiger partial charge is 0.490 e. The number of hydrogen-bond acceptors (Lipinski definition) is 4. The maximum Gasteiger partial charge on any atom is 0.534 e. The maximum atomic E-state index is 12.2. The van der Waals surface area contributed by atoms with Gasteiger partial charge in [-0.1, -0.05) is 13.0 Å². The number of fused-ring (bicyclic) bond motifs is 1. The predicted molar refractivity (Wildman–Crippen MR) is 65.1 cm³/mol. The van der Waals surface area contributed by atoms with Crippen molar-refractivity contribution in [1.29, 1.82) is 0 Å². The second-order valence-electron chi connectivity index (χ2n) is 4.44. The van der Waals surface area contributed by atoms with E-state index in [-0.39, 0.29) is 6.10 Å². The minimum absolute atomic E-state index is 0.0167. The molecule has 1 aliphatic heterocycles. The van der Waals surface area contributed by atoms with Crippen molar-refractivity contribution < 1.29 is 30.5 Å². The zero-order valence-corrected chi connectivity index (χ0v) is 11.4. The molecular formula is C12H13F3O4S. The first kappa shape index (κ1) is 15.0. The van der Waals surface area contributed by atoms with Crippen LogP contribution < -0.4 is 8.92 Å². The van der Waals surface area contributed by atoms with Crippen LogP contribution in [0, 0.1) is 0 Å². The molecule has 0 radical (unpaired) electrons. The van der Waals surface area contributed by atoms with Crippen LogP contribution in [0.3, 0.4) is 0 Å². The van der Waals surface area contributed by atoms with Crippen molar-refractivity contribution in [1.82, 2.24) is 0 Å². The molecule has 0 bridgehead atoms. The highest BCUT2D eigenvalue weighted by atomic mass is 32.2. The summed E-state index contributed by atoms with van der Waals surface area (Å²) in [6.45, 7) is 1.93. The monoisotopic (exact) mass is 310 g/mol. The normalized spacial score (nSPS) is 19.1. The van der Waals surface area contributed by atoms with Crippen molar-refractivity contribution in [3.63, 3.8) is 0 Å². The summed E-state index contributed by atoms with van der Waals surface area (Å²) in [6.07, 6.45) is 2.31. The first-order valence-corrected chi connectivity index (χ1v) is 7.44. The second-order valence-corrected chi connectivity index (χ2v) is 5.98. The van der Waals surface area contributed by atoms with E-state index >= 15 is 0 Å². The Morgan fingerprint density at radius 3 is 2.70 bits per heavy atom. The van der Waals surface area contributed by atoms with Gasteiger partial charge in [0.05, 0.1) is 6.10 Å². The van der Waals surface area contributed by atoms with Gasteiger partial charge in [-0.25, -0.2) is 0 Å². The molecule has 0 fully saturated rings. The van der Waals surface area contributed by atoms with E-state index in [1.807, 2.05) is 6.92 Å². The van der Waals surface area contributed by atoms with E-state index < -0.39 is 21.4 Å². The van der Waals surface area contributed by atoms with E-state index in [9.17, 15) is 21.6 Å². The molecule has 1 unspecified atom stereocenters. The number of ether oxygens (including phenoxy) is 1. The highest BCUT2D eigenvalue weighted by Gasteiger charge is 2.48. The average Bonchev–Trinajstić information content (AvgIpc) is 2.36. The molecule has 0 aliphatic carbocycles. The standard InChI is InChI=1S/C12H13F3O4S/c1-2-9-5-3-8-4-6-10(7-11(8)18-9)19-20(16,17)12(13,14)15/h4,6-7,9H,2-3,5H2,1H3. The van der Waals surface area contributed by atoms with Crippen molar-refractivity contribution in [3.8, 4) is 11.5 Å². The lowest BCUT2D eigenvalue weighted by Gasteiger charge is -2.25. The van der Waals surface area contributed by atoms with Gasteiger partial charge in [0.15, 0.2) is 0 Å². The molecule has 0 saturated carbocycles. The van der Waals surface area contributed by atoms with Crippen molar-refractivity contribution >= 4 is 10.1 Å². The molecule has 0 aromatic heterocycles. The molecule has 2 rings (SSSR count). The van der Waals surface area contributed by atoms with Gasteiger partial charge in [0.2, 0.25) is 0 Å². The van der Waals surface area contributed by atoms with E-state index in [1.54, 1.807) is 0 Å². The largest absolute Gasteiger partial charge is 0.534 e. The lowest BCUT2D eigenvalue weighted by atomic mass is 10.0. The fourth-order valence-electron chi connectivity index (χ4n) is 1.92. The number of halogens is 3. The molecule has 0 amide bonds. The molecule has 4 nitrogen and oxygen atoms in total. The highest BCUT2D eigenvalue weighted by molar-refractivity contribution is 7.88. The molecule has 1 aliphatic rings. The average molecular weight is 310 g/mol. The molecular weight excluding hydrogens is 297 g/mol. The molecule has 0 spiro atoms. The summed E-state index contributed by atoms with van der Waals surface area (Å²) in [7, 11) is -5.65. The van der Waals surface area contributed by atoms with Crippen LogP contribution in [0.15, 0.2) is 18.2 Å². The second kappa shape index (κ2) is 5.16. The Balaban J connectivity index is 2.24. The van der Waals surface area contributed by atoms with Gasteiger partial charge in [-0.15, -0.1) is 0 Å². The lowest BCUT2D eigenvalue weighted by Crippen LogP contribution is -2.28. The first-order valence-electron chi connectivity index (χ1n) is 6.03. The van der Waals surface area contributed by atoms with Crippen LogP contribution in [0.2, 0.25) is 0 Å². The number of alkyl halides is 3. The molecule has 1 atom stereocenters. The van der Waals surface area contributed by atoms with Crippen LogP contribution >= 0.6 is 0 Å². The molecule has 1 heterocycles. The molecule has 0 N–H and O–H groups in total. The third-order valence-corrected chi connectivity index (χ3v) is 3.99. The fraction of sp³-hybridized carbons (Fsp3) is 0.500. The summed E-state index contributed by atoms with van der Waals surface area (Å²) in [5, 5.41) is 0. The first-order chi connectivity index (χ1) is 9.23. The van der Waals surface area contributed by atoms with Gasteiger partial charge < -0.3 is 8.92 Å². The topological polar surface area (TPSA) is 52.6 Å². The van der Waals surface area contributed by atoms with E-state index in [4.69, 9.17) is 4.74 Å². The SMILES string of the molecule is CCC1CCc2ccc(OS(=O)(=O)C(F)(F)F)cc2O1.